The van der Waals surface area contributed by atoms with E-state index in [0.717, 1.165) is 25.8 Å². The number of imide groups is 1. The molecule has 7 heteroatoms. The molecule has 1 fully saturated rings. The Morgan fingerprint density at radius 2 is 1.96 bits per heavy atom. The van der Waals surface area contributed by atoms with Gasteiger partial charge in [0.1, 0.15) is 11.4 Å². The first-order valence-electron chi connectivity index (χ1n) is 9.55. The maximum atomic E-state index is 13.5. The molecule has 1 aromatic rings. The van der Waals surface area contributed by atoms with E-state index in [9.17, 15) is 9.59 Å². The van der Waals surface area contributed by atoms with Crippen LogP contribution in [0, 0.1) is 0 Å². The summed E-state index contributed by atoms with van der Waals surface area (Å²) in [5.74, 6) is 0.419. The number of hydrogen-bond donors (Lipinski definition) is 1. The summed E-state index contributed by atoms with van der Waals surface area (Å²) in [5.41, 5.74) is -0.954. The van der Waals surface area contributed by atoms with Crippen molar-refractivity contribution in [1.29, 1.82) is 0 Å². The van der Waals surface area contributed by atoms with Crippen LogP contribution in [-0.2, 0) is 10.3 Å². The molecule has 2 aliphatic heterocycles. The van der Waals surface area contributed by atoms with Gasteiger partial charge in [0.25, 0.3) is 5.91 Å². The van der Waals surface area contributed by atoms with Crippen molar-refractivity contribution in [2.24, 2.45) is 0 Å². The number of ether oxygens (including phenoxy) is 1. The molecule has 148 valence electrons. The van der Waals surface area contributed by atoms with Crippen molar-refractivity contribution >= 4 is 23.5 Å². The maximum Gasteiger partial charge on any atom is 0.325 e. The zero-order valence-electron chi connectivity index (χ0n) is 16.5. The Balaban J connectivity index is 2.01. The van der Waals surface area contributed by atoms with Gasteiger partial charge in [-0.2, -0.15) is 0 Å². The summed E-state index contributed by atoms with van der Waals surface area (Å²) in [4.78, 5) is 29.6. The Kier molecular flexibility index (Phi) is 5.41. The highest BCUT2D eigenvalue weighted by Crippen LogP contribution is 2.49. The zero-order chi connectivity index (χ0) is 19.8. The Morgan fingerprint density at radius 3 is 2.59 bits per heavy atom. The lowest BCUT2D eigenvalue weighted by molar-refractivity contribution is -0.135. The van der Waals surface area contributed by atoms with Gasteiger partial charge in [-0.25, -0.2) is 4.79 Å². The Bertz CT molecular complexity index is 748. The largest absolute Gasteiger partial charge is 0.487 e. The van der Waals surface area contributed by atoms with Crippen molar-refractivity contribution in [3.63, 3.8) is 0 Å². The number of nitrogens with zero attached hydrogens (tertiary/aromatic N) is 2. The van der Waals surface area contributed by atoms with Gasteiger partial charge in [0, 0.05) is 23.6 Å². The van der Waals surface area contributed by atoms with Crippen LogP contribution in [0.15, 0.2) is 18.2 Å². The molecule has 1 N–H and O–H groups in total. The van der Waals surface area contributed by atoms with Gasteiger partial charge in [0.15, 0.2) is 5.54 Å². The number of halogens is 1. The molecule has 1 spiro atoms. The zero-order valence-corrected chi connectivity index (χ0v) is 17.2. The lowest BCUT2D eigenvalue weighted by Crippen LogP contribution is -2.55. The number of amides is 3. The van der Waals surface area contributed by atoms with E-state index in [1.807, 2.05) is 32.8 Å². The van der Waals surface area contributed by atoms with Crippen LogP contribution in [0.25, 0.3) is 0 Å². The summed E-state index contributed by atoms with van der Waals surface area (Å²) in [6.07, 6.45) is 2.64. The van der Waals surface area contributed by atoms with Gasteiger partial charge in [-0.05, 0) is 58.1 Å². The second-order valence-electron chi connectivity index (χ2n) is 7.76. The van der Waals surface area contributed by atoms with Crippen LogP contribution in [0.2, 0.25) is 5.02 Å². The average molecular weight is 394 g/mol. The number of urea groups is 1. The molecule has 0 radical (unpaired) electrons. The predicted molar refractivity (Wildman–Crippen MR) is 105 cm³/mol. The minimum Gasteiger partial charge on any atom is -0.487 e. The normalized spacial score (nSPS) is 23.6. The number of carbonyl (C=O) groups is 2. The summed E-state index contributed by atoms with van der Waals surface area (Å²) < 4.78 is 6.30. The van der Waals surface area contributed by atoms with E-state index in [4.69, 9.17) is 16.3 Å². The van der Waals surface area contributed by atoms with Gasteiger partial charge in [0.05, 0.1) is 0 Å². The number of carbonyl (C=O) groups excluding carboxylic acids is 2. The van der Waals surface area contributed by atoms with Gasteiger partial charge >= 0.3 is 6.03 Å². The highest BCUT2D eigenvalue weighted by molar-refractivity contribution is 6.30. The summed E-state index contributed by atoms with van der Waals surface area (Å²) in [7, 11) is 3.95. The molecule has 1 atom stereocenters. The lowest BCUT2D eigenvalue weighted by atomic mass is 9.74. The second-order valence-corrected chi connectivity index (χ2v) is 8.19. The fourth-order valence-electron chi connectivity index (χ4n) is 4.09. The second kappa shape index (κ2) is 7.32. The quantitative estimate of drug-likeness (QED) is 0.752. The monoisotopic (exact) mass is 393 g/mol. The molecule has 0 aromatic heterocycles. The van der Waals surface area contributed by atoms with E-state index < -0.39 is 11.1 Å². The molecule has 6 nitrogen and oxygen atoms in total. The van der Waals surface area contributed by atoms with Crippen molar-refractivity contribution in [1.82, 2.24) is 15.1 Å². The number of rotatable bonds is 6. The standard InChI is InChI=1S/C20H28ClN3O3/c1-5-19(6-2)13-20(15-12-14(21)8-9-16(15)27-19)17(25)24(18(26)22-20)11-7-10-23(3)4/h8-9,12H,5-7,10-11,13H2,1-4H3,(H,22,26). The first-order chi connectivity index (χ1) is 12.8. The van der Waals surface area contributed by atoms with Gasteiger partial charge in [-0.15, -0.1) is 0 Å². The first-order valence-corrected chi connectivity index (χ1v) is 9.92. The molecule has 2 heterocycles. The van der Waals surface area contributed by atoms with Crippen LogP contribution in [0.4, 0.5) is 4.79 Å². The lowest BCUT2D eigenvalue weighted by Gasteiger charge is -2.45. The molecule has 0 bridgehead atoms. The van der Waals surface area contributed by atoms with Crippen LogP contribution in [0.1, 0.15) is 45.1 Å². The fraction of sp³-hybridized carbons (Fsp3) is 0.600. The van der Waals surface area contributed by atoms with Crippen molar-refractivity contribution < 1.29 is 14.3 Å². The summed E-state index contributed by atoms with van der Waals surface area (Å²) in [6.45, 7) is 5.30. The highest BCUT2D eigenvalue weighted by atomic mass is 35.5. The first kappa shape index (κ1) is 20.0. The minimum absolute atomic E-state index is 0.204. The van der Waals surface area contributed by atoms with E-state index in [1.165, 1.54) is 4.90 Å². The molecule has 27 heavy (non-hydrogen) atoms. The van der Waals surface area contributed by atoms with Gasteiger partial charge in [0.2, 0.25) is 0 Å². The van der Waals surface area contributed by atoms with Gasteiger partial charge in [-0.3, -0.25) is 9.69 Å². The maximum absolute atomic E-state index is 13.5. The van der Waals surface area contributed by atoms with Crippen molar-refractivity contribution in [2.75, 3.05) is 27.2 Å². The molecule has 3 amide bonds. The van der Waals surface area contributed by atoms with Crippen LogP contribution in [0.5, 0.6) is 5.75 Å². The molecule has 2 aliphatic rings. The molecule has 0 saturated carbocycles. The Hall–Kier alpha value is -1.79. The molecule has 3 rings (SSSR count). The van der Waals surface area contributed by atoms with Crippen LogP contribution < -0.4 is 10.1 Å². The van der Waals surface area contributed by atoms with E-state index in [0.29, 0.717) is 29.3 Å². The number of hydrogen-bond acceptors (Lipinski definition) is 4. The topological polar surface area (TPSA) is 61.9 Å². The molecule has 1 unspecified atom stereocenters. The van der Waals surface area contributed by atoms with E-state index >= 15 is 0 Å². The minimum atomic E-state index is -1.11. The van der Waals surface area contributed by atoms with Gasteiger partial charge < -0.3 is 15.0 Å². The Morgan fingerprint density at radius 1 is 1.26 bits per heavy atom. The molecule has 1 aromatic carbocycles. The van der Waals surface area contributed by atoms with E-state index in [1.54, 1.807) is 18.2 Å². The van der Waals surface area contributed by atoms with Gasteiger partial charge in [-0.1, -0.05) is 25.4 Å². The van der Waals surface area contributed by atoms with Crippen molar-refractivity contribution in [2.45, 2.75) is 50.7 Å². The van der Waals surface area contributed by atoms with Crippen LogP contribution in [0.3, 0.4) is 0 Å². The number of benzene rings is 1. The third kappa shape index (κ3) is 3.41. The third-order valence-corrected chi connectivity index (χ3v) is 6.00. The SMILES string of the molecule is CCC1(CC)CC2(NC(=O)N(CCCN(C)C)C2=O)c2cc(Cl)ccc2O1. The fourth-order valence-corrected chi connectivity index (χ4v) is 4.27. The van der Waals surface area contributed by atoms with E-state index in [2.05, 4.69) is 5.32 Å². The molecular formula is C20H28ClN3O3. The highest BCUT2D eigenvalue weighted by Gasteiger charge is 2.59. The Labute approximate surface area is 165 Å². The van der Waals surface area contributed by atoms with Crippen LogP contribution >= 0.6 is 11.6 Å². The molecular weight excluding hydrogens is 366 g/mol. The molecule has 1 saturated heterocycles. The summed E-state index contributed by atoms with van der Waals surface area (Å²) in [5, 5.41) is 3.52. The summed E-state index contributed by atoms with van der Waals surface area (Å²) >= 11 is 6.22. The average Bonchev–Trinajstić information content (AvgIpc) is 2.86. The van der Waals surface area contributed by atoms with Crippen LogP contribution in [-0.4, -0.2) is 54.5 Å². The smallest absolute Gasteiger partial charge is 0.325 e. The summed E-state index contributed by atoms with van der Waals surface area (Å²) in [6, 6.07) is 4.96. The number of fused-ring (bicyclic) bond motifs is 2. The third-order valence-electron chi connectivity index (χ3n) is 5.77. The van der Waals surface area contributed by atoms with Crippen molar-refractivity contribution in [3.8, 4) is 5.75 Å². The number of nitrogens with one attached hydrogen (secondary N) is 1. The van der Waals surface area contributed by atoms with Crippen molar-refractivity contribution in [3.05, 3.63) is 28.8 Å². The van der Waals surface area contributed by atoms with E-state index in [-0.39, 0.29) is 11.9 Å². The molecule has 0 aliphatic carbocycles. The predicted octanol–water partition coefficient (Wildman–Crippen LogP) is 3.38.